The van der Waals surface area contributed by atoms with Gasteiger partial charge in [-0.05, 0) is 49.3 Å². The quantitative estimate of drug-likeness (QED) is 0.900. The molecular formula is C18H23ClN2O2. The van der Waals surface area contributed by atoms with E-state index in [9.17, 15) is 9.59 Å². The van der Waals surface area contributed by atoms with Crippen molar-refractivity contribution in [1.29, 1.82) is 0 Å². The molecule has 0 radical (unpaired) electrons. The Morgan fingerprint density at radius 2 is 2.00 bits per heavy atom. The van der Waals surface area contributed by atoms with E-state index in [1.165, 1.54) is 6.42 Å². The Bertz CT molecular complexity index is 584. The maximum absolute atomic E-state index is 12.2. The van der Waals surface area contributed by atoms with Crippen LogP contribution in [0.2, 0.25) is 5.02 Å². The molecule has 0 aromatic heterocycles. The summed E-state index contributed by atoms with van der Waals surface area (Å²) < 4.78 is 0. The molecule has 1 aliphatic carbocycles. The van der Waals surface area contributed by atoms with Crippen molar-refractivity contribution in [3.63, 3.8) is 0 Å². The van der Waals surface area contributed by atoms with E-state index >= 15 is 0 Å². The topological polar surface area (TPSA) is 49.4 Å². The molecule has 1 aromatic rings. The summed E-state index contributed by atoms with van der Waals surface area (Å²) in [7, 11) is 0. The third-order valence-electron chi connectivity index (χ3n) is 4.75. The van der Waals surface area contributed by atoms with Crippen molar-refractivity contribution in [2.45, 2.75) is 38.0 Å². The van der Waals surface area contributed by atoms with Gasteiger partial charge in [-0.25, -0.2) is 0 Å². The number of rotatable bonds is 5. The monoisotopic (exact) mass is 334 g/mol. The van der Waals surface area contributed by atoms with E-state index in [1.807, 2.05) is 29.2 Å². The number of halogens is 1. The number of carbonyl (C=O) groups excluding carboxylic acids is 2. The van der Waals surface area contributed by atoms with Crippen LogP contribution in [-0.4, -0.2) is 36.3 Å². The number of likely N-dealkylation sites (tertiary alicyclic amines) is 1. The van der Waals surface area contributed by atoms with E-state index in [-0.39, 0.29) is 23.7 Å². The summed E-state index contributed by atoms with van der Waals surface area (Å²) in [6.45, 7) is 2.17. The van der Waals surface area contributed by atoms with Gasteiger partial charge in [0.2, 0.25) is 11.8 Å². The smallest absolute Gasteiger partial charge is 0.224 e. The molecular weight excluding hydrogens is 312 g/mol. The lowest BCUT2D eigenvalue weighted by atomic mass is 10.1. The summed E-state index contributed by atoms with van der Waals surface area (Å²) in [6, 6.07) is 7.71. The number of hydrogen-bond donors (Lipinski definition) is 1. The fourth-order valence-electron chi connectivity index (χ4n) is 3.32. The summed E-state index contributed by atoms with van der Waals surface area (Å²) >= 11 is 5.99. The molecule has 2 amide bonds. The number of nitrogens with zero attached hydrogens (tertiary/aromatic N) is 1. The Hall–Kier alpha value is -1.55. The minimum atomic E-state index is 0.0264. The Morgan fingerprint density at radius 1 is 1.22 bits per heavy atom. The number of benzene rings is 1. The number of nitrogens with one attached hydrogen (secondary N) is 1. The lowest BCUT2D eigenvalue weighted by Gasteiger charge is -2.26. The van der Waals surface area contributed by atoms with E-state index in [0.717, 1.165) is 37.9 Å². The van der Waals surface area contributed by atoms with E-state index < -0.39 is 0 Å². The van der Waals surface area contributed by atoms with E-state index in [4.69, 9.17) is 11.6 Å². The average Bonchev–Trinajstić information content (AvgIpc) is 3.36. The molecule has 2 unspecified atom stereocenters. The van der Waals surface area contributed by atoms with Crippen LogP contribution in [0.1, 0.15) is 43.6 Å². The second-order valence-corrected chi connectivity index (χ2v) is 6.92. The maximum atomic E-state index is 12.2. The molecule has 124 valence electrons. The number of hydrogen-bond acceptors (Lipinski definition) is 2. The van der Waals surface area contributed by atoms with Crippen molar-refractivity contribution in [2.75, 3.05) is 19.6 Å². The van der Waals surface area contributed by atoms with Gasteiger partial charge >= 0.3 is 0 Å². The van der Waals surface area contributed by atoms with Crippen LogP contribution >= 0.6 is 11.6 Å². The summed E-state index contributed by atoms with van der Waals surface area (Å²) in [5, 5.41) is 3.62. The fourth-order valence-corrected chi connectivity index (χ4v) is 3.51. The van der Waals surface area contributed by atoms with Crippen LogP contribution in [0.3, 0.4) is 0 Å². The molecule has 4 nitrogen and oxygen atoms in total. The van der Waals surface area contributed by atoms with Gasteiger partial charge in [0.15, 0.2) is 0 Å². The lowest BCUT2D eigenvalue weighted by molar-refractivity contribution is -0.132. The predicted octanol–water partition coefficient (Wildman–Crippen LogP) is 2.96. The molecule has 1 aromatic carbocycles. The number of amides is 2. The third-order valence-corrected chi connectivity index (χ3v) is 4.99. The maximum Gasteiger partial charge on any atom is 0.224 e. The van der Waals surface area contributed by atoms with Gasteiger partial charge in [0, 0.05) is 37.0 Å². The third kappa shape index (κ3) is 4.25. The van der Waals surface area contributed by atoms with Crippen LogP contribution in [0.5, 0.6) is 0 Å². The van der Waals surface area contributed by atoms with Crippen LogP contribution in [0.25, 0.3) is 0 Å². The van der Waals surface area contributed by atoms with Crippen LogP contribution in [0.15, 0.2) is 24.3 Å². The Morgan fingerprint density at radius 3 is 2.74 bits per heavy atom. The molecule has 1 heterocycles. The first kappa shape index (κ1) is 16.3. The highest BCUT2D eigenvalue weighted by atomic mass is 35.5. The van der Waals surface area contributed by atoms with E-state index in [0.29, 0.717) is 18.0 Å². The summed E-state index contributed by atoms with van der Waals surface area (Å²) in [5.74, 6) is 0.513. The first-order valence-electron chi connectivity index (χ1n) is 8.46. The molecule has 23 heavy (non-hydrogen) atoms. The van der Waals surface area contributed by atoms with Crippen molar-refractivity contribution in [2.24, 2.45) is 5.92 Å². The molecule has 1 saturated heterocycles. The van der Waals surface area contributed by atoms with Crippen molar-refractivity contribution in [3.05, 3.63) is 34.9 Å². The van der Waals surface area contributed by atoms with Gasteiger partial charge in [0.1, 0.15) is 0 Å². The van der Waals surface area contributed by atoms with Crippen molar-refractivity contribution in [1.82, 2.24) is 10.2 Å². The van der Waals surface area contributed by atoms with Crippen molar-refractivity contribution >= 4 is 23.4 Å². The van der Waals surface area contributed by atoms with Crippen LogP contribution in [0, 0.1) is 5.92 Å². The molecule has 3 rings (SSSR count). The Labute approximate surface area is 142 Å². The SMILES string of the molecule is O=C(NCCC(=O)N1CCCCC1)C1CC1c1cccc(Cl)c1. The van der Waals surface area contributed by atoms with Gasteiger partial charge in [0.25, 0.3) is 0 Å². The lowest BCUT2D eigenvalue weighted by Crippen LogP contribution is -2.38. The highest BCUT2D eigenvalue weighted by Gasteiger charge is 2.43. The highest BCUT2D eigenvalue weighted by molar-refractivity contribution is 6.30. The average molecular weight is 335 g/mol. The van der Waals surface area contributed by atoms with E-state index in [1.54, 1.807) is 0 Å². The molecule has 1 N–H and O–H groups in total. The Balaban J connectivity index is 1.40. The van der Waals surface area contributed by atoms with Gasteiger partial charge in [0.05, 0.1) is 0 Å². The zero-order valence-corrected chi connectivity index (χ0v) is 14.0. The zero-order chi connectivity index (χ0) is 16.2. The van der Waals surface area contributed by atoms with Crippen LogP contribution in [0.4, 0.5) is 0 Å². The number of piperidine rings is 1. The van der Waals surface area contributed by atoms with Gasteiger partial charge < -0.3 is 10.2 Å². The van der Waals surface area contributed by atoms with Gasteiger partial charge in [-0.15, -0.1) is 0 Å². The second kappa shape index (κ2) is 7.35. The Kier molecular flexibility index (Phi) is 5.21. The molecule has 2 fully saturated rings. The summed E-state index contributed by atoms with van der Waals surface area (Å²) in [4.78, 5) is 26.1. The van der Waals surface area contributed by atoms with Gasteiger partial charge in [-0.1, -0.05) is 23.7 Å². The molecule has 2 atom stereocenters. The van der Waals surface area contributed by atoms with E-state index in [2.05, 4.69) is 5.32 Å². The standard InChI is InChI=1S/C18H23ClN2O2/c19-14-6-4-5-13(11-14)15-12-16(15)18(23)20-8-7-17(22)21-9-2-1-3-10-21/h4-6,11,15-16H,1-3,7-10,12H2,(H,20,23). The first-order valence-corrected chi connectivity index (χ1v) is 8.84. The molecule has 0 bridgehead atoms. The zero-order valence-electron chi connectivity index (χ0n) is 13.3. The number of carbonyl (C=O) groups is 2. The second-order valence-electron chi connectivity index (χ2n) is 6.49. The van der Waals surface area contributed by atoms with Crippen molar-refractivity contribution < 1.29 is 9.59 Å². The first-order chi connectivity index (χ1) is 11.1. The van der Waals surface area contributed by atoms with Crippen LogP contribution < -0.4 is 5.32 Å². The predicted molar refractivity (Wildman–Crippen MR) is 90.4 cm³/mol. The fraction of sp³-hybridized carbons (Fsp3) is 0.556. The molecule has 0 spiro atoms. The minimum absolute atomic E-state index is 0.0264. The van der Waals surface area contributed by atoms with Crippen LogP contribution in [-0.2, 0) is 9.59 Å². The molecule has 1 saturated carbocycles. The van der Waals surface area contributed by atoms with Gasteiger partial charge in [-0.3, -0.25) is 9.59 Å². The van der Waals surface area contributed by atoms with Crippen molar-refractivity contribution in [3.8, 4) is 0 Å². The molecule has 5 heteroatoms. The highest BCUT2D eigenvalue weighted by Crippen LogP contribution is 2.47. The molecule has 1 aliphatic heterocycles. The van der Waals surface area contributed by atoms with Gasteiger partial charge in [-0.2, -0.15) is 0 Å². The molecule has 2 aliphatic rings. The summed E-state index contributed by atoms with van der Waals surface area (Å²) in [5.41, 5.74) is 1.13. The minimum Gasteiger partial charge on any atom is -0.355 e. The normalized spacial score (nSPS) is 23.4. The summed E-state index contributed by atoms with van der Waals surface area (Å²) in [6.07, 6.45) is 4.68. The largest absolute Gasteiger partial charge is 0.355 e.